The SMILES string of the molecule is C[C@@H](C(=O)O)N(c1n[nH]c2ccccc12)c1n[nH]c2ccccc12. The molecule has 3 N–H and O–H groups in total. The lowest BCUT2D eigenvalue weighted by Crippen LogP contribution is -2.36. The summed E-state index contributed by atoms with van der Waals surface area (Å²) in [5.41, 5.74) is 1.69. The summed E-state index contributed by atoms with van der Waals surface area (Å²) < 4.78 is 0. The quantitative estimate of drug-likeness (QED) is 0.536. The second-order valence-electron chi connectivity index (χ2n) is 5.57. The van der Waals surface area contributed by atoms with Gasteiger partial charge in [-0.15, -0.1) is 0 Å². The summed E-state index contributed by atoms with van der Waals surface area (Å²) in [5.74, 6) is 0.129. The van der Waals surface area contributed by atoms with Crippen LogP contribution in [0.3, 0.4) is 0 Å². The number of aromatic amines is 2. The molecule has 4 aromatic rings. The van der Waals surface area contributed by atoms with Gasteiger partial charge in [0, 0.05) is 10.8 Å². The zero-order valence-corrected chi connectivity index (χ0v) is 12.9. The molecule has 7 nitrogen and oxygen atoms in total. The molecule has 0 aliphatic carbocycles. The molecule has 0 spiro atoms. The van der Waals surface area contributed by atoms with Gasteiger partial charge in [-0.1, -0.05) is 24.3 Å². The van der Waals surface area contributed by atoms with Gasteiger partial charge < -0.3 is 5.11 Å². The van der Waals surface area contributed by atoms with Gasteiger partial charge in [-0.2, -0.15) is 10.2 Å². The van der Waals surface area contributed by atoms with E-state index < -0.39 is 12.0 Å². The van der Waals surface area contributed by atoms with Crippen LogP contribution in [0, 0.1) is 0 Å². The predicted octanol–water partition coefficient (Wildman–Crippen LogP) is 3.05. The molecule has 2 heterocycles. The zero-order chi connectivity index (χ0) is 16.7. The molecular weight excluding hydrogens is 306 g/mol. The molecule has 0 bridgehead atoms. The van der Waals surface area contributed by atoms with Gasteiger partial charge in [0.15, 0.2) is 11.6 Å². The number of carboxylic acid groups (broad SMARTS) is 1. The van der Waals surface area contributed by atoms with Crippen molar-refractivity contribution in [2.24, 2.45) is 0 Å². The molecule has 4 rings (SSSR count). The summed E-state index contributed by atoms with van der Waals surface area (Å²) in [6.45, 7) is 1.62. The van der Waals surface area contributed by atoms with Crippen molar-refractivity contribution in [3.63, 3.8) is 0 Å². The van der Waals surface area contributed by atoms with E-state index in [1.807, 2.05) is 48.5 Å². The second-order valence-corrected chi connectivity index (χ2v) is 5.57. The summed E-state index contributed by atoms with van der Waals surface area (Å²) in [5, 5.41) is 25.9. The molecule has 0 unspecified atom stereocenters. The Balaban J connectivity index is 1.97. The highest BCUT2D eigenvalue weighted by Crippen LogP contribution is 2.34. The number of carboxylic acids is 1. The maximum Gasteiger partial charge on any atom is 0.326 e. The molecule has 0 amide bonds. The van der Waals surface area contributed by atoms with Crippen LogP contribution in [0.4, 0.5) is 11.6 Å². The van der Waals surface area contributed by atoms with Gasteiger partial charge in [0.2, 0.25) is 0 Å². The fourth-order valence-corrected chi connectivity index (χ4v) is 2.84. The lowest BCUT2D eigenvalue weighted by Gasteiger charge is -2.24. The summed E-state index contributed by atoms with van der Waals surface area (Å²) in [4.78, 5) is 13.3. The average molecular weight is 321 g/mol. The maximum absolute atomic E-state index is 11.7. The number of nitrogens with one attached hydrogen (secondary N) is 2. The fraction of sp³-hybridized carbons (Fsp3) is 0.118. The van der Waals surface area contributed by atoms with Crippen LogP contribution < -0.4 is 4.90 Å². The summed E-state index contributed by atoms with van der Waals surface area (Å²) >= 11 is 0. The van der Waals surface area contributed by atoms with E-state index in [9.17, 15) is 9.90 Å². The Morgan fingerprint density at radius 3 is 1.88 bits per heavy atom. The van der Waals surface area contributed by atoms with Gasteiger partial charge in [-0.25, -0.2) is 4.79 Å². The van der Waals surface area contributed by atoms with Gasteiger partial charge in [0.05, 0.1) is 11.0 Å². The summed E-state index contributed by atoms with van der Waals surface area (Å²) in [6, 6.07) is 14.4. The van der Waals surface area contributed by atoms with Crippen LogP contribution in [0.1, 0.15) is 6.92 Å². The van der Waals surface area contributed by atoms with Gasteiger partial charge in [-0.05, 0) is 31.2 Å². The van der Waals surface area contributed by atoms with Crippen molar-refractivity contribution in [1.82, 2.24) is 20.4 Å². The average Bonchev–Trinajstić information content (AvgIpc) is 3.20. The molecular formula is C17H15N5O2. The minimum atomic E-state index is -0.950. The molecule has 0 radical (unpaired) electrons. The molecule has 120 valence electrons. The third kappa shape index (κ3) is 2.10. The number of H-pyrrole nitrogens is 2. The molecule has 0 aliphatic heterocycles. The number of rotatable bonds is 4. The lowest BCUT2D eigenvalue weighted by atomic mass is 10.2. The number of para-hydroxylation sites is 2. The van der Waals surface area contributed by atoms with Crippen LogP contribution in [0.2, 0.25) is 0 Å². The van der Waals surface area contributed by atoms with Gasteiger partial charge in [0.25, 0.3) is 0 Å². The minimum absolute atomic E-state index is 0.540. The Labute approximate surface area is 136 Å². The maximum atomic E-state index is 11.7. The van der Waals surface area contributed by atoms with Crippen LogP contribution in [-0.2, 0) is 4.79 Å². The van der Waals surface area contributed by atoms with Crippen molar-refractivity contribution in [3.05, 3.63) is 48.5 Å². The second kappa shape index (κ2) is 5.38. The van der Waals surface area contributed by atoms with Crippen molar-refractivity contribution in [2.75, 3.05) is 4.90 Å². The molecule has 1 atom stereocenters. The van der Waals surface area contributed by atoms with Gasteiger partial charge in [0.1, 0.15) is 6.04 Å². The highest BCUT2D eigenvalue weighted by Gasteiger charge is 2.29. The molecule has 0 saturated carbocycles. The highest BCUT2D eigenvalue weighted by molar-refractivity contribution is 5.99. The number of aromatic nitrogens is 4. The standard InChI is InChI=1S/C17H15N5O2/c1-10(17(23)24)22(15-11-6-2-4-8-13(11)18-20-15)16-12-7-3-5-9-14(12)19-21-16/h2-10H,1H3,(H,18,20)(H,19,21)(H,23,24)/t10-/m0/s1. The topological polar surface area (TPSA) is 97.9 Å². The van der Waals surface area contributed by atoms with Crippen LogP contribution in [0.15, 0.2) is 48.5 Å². The number of fused-ring (bicyclic) bond motifs is 2. The molecule has 2 aromatic heterocycles. The molecule has 0 saturated heterocycles. The summed E-state index contributed by atoms with van der Waals surface area (Å²) in [6.07, 6.45) is 0. The third-order valence-corrected chi connectivity index (χ3v) is 4.10. The molecule has 2 aromatic carbocycles. The number of hydrogen-bond donors (Lipinski definition) is 3. The molecule has 7 heteroatoms. The van der Waals surface area contributed by atoms with Gasteiger partial charge >= 0.3 is 5.97 Å². The monoisotopic (exact) mass is 321 g/mol. The first-order valence-corrected chi connectivity index (χ1v) is 7.55. The predicted molar refractivity (Wildman–Crippen MR) is 91.4 cm³/mol. The largest absolute Gasteiger partial charge is 0.480 e. The molecule has 0 fully saturated rings. The third-order valence-electron chi connectivity index (χ3n) is 4.10. The first kappa shape index (κ1) is 14.3. The zero-order valence-electron chi connectivity index (χ0n) is 12.9. The van der Waals surface area contributed by atoms with Crippen molar-refractivity contribution >= 4 is 39.4 Å². The first-order valence-electron chi connectivity index (χ1n) is 7.55. The van der Waals surface area contributed by atoms with E-state index in [1.165, 1.54) is 0 Å². The van der Waals surface area contributed by atoms with Crippen LogP contribution in [0.5, 0.6) is 0 Å². The Hall–Kier alpha value is -3.35. The van der Waals surface area contributed by atoms with E-state index in [4.69, 9.17) is 0 Å². The Kier molecular flexibility index (Phi) is 3.19. The molecule has 24 heavy (non-hydrogen) atoms. The van der Waals surface area contributed by atoms with E-state index in [1.54, 1.807) is 11.8 Å². The Bertz CT molecular complexity index is 962. The van der Waals surface area contributed by atoms with Crippen molar-refractivity contribution in [1.29, 1.82) is 0 Å². The number of anilines is 2. The number of carbonyl (C=O) groups is 1. The van der Waals surface area contributed by atoms with Crippen LogP contribution in [-0.4, -0.2) is 37.5 Å². The van der Waals surface area contributed by atoms with E-state index in [-0.39, 0.29) is 0 Å². The minimum Gasteiger partial charge on any atom is -0.480 e. The smallest absolute Gasteiger partial charge is 0.326 e. The number of aliphatic carboxylic acids is 1. The first-order chi connectivity index (χ1) is 11.7. The number of hydrogen-bond acceptors (Lipinski definition) is 4. The number of nitrogens with zero attached hydrogens (tertiary/aromatic N) is 3. The van der Waals surface area contributed by atoms with E-state index in [0.717, 1.165) is 21.8 Å². The summed E-state index contributed by atoms with van der Waals surface area (Å²) in [7, 11) is 0. The van der Waals surface area contributed by atoms with Crippen molar-refractivity contribution in [3.8, 4) is 0 Å². The highest BCUT2D eigenvalue weighted by atomic mass is 16.4. The van der Waals surface area contributed by atoms with E-state index in [2.05, 4.69) is 20.4 Å². The number of benzene rings is 2. The van der Waals surface area contributed by atoms with Crippen LogP contribution in [0.25, 0.3) is 21.8 Å². The lowest BCUT2D eigenvalue weighted by molar-refractivity contribution is -0.138. The normalized spacial score (nSPS) is 12.5. The van der Waals surface area contributed by atoms with Crippen LogP contribution >= 0.6 is 0 Å². The van der Waals surface area contributed by atoms with Crippen molar-refractivity contribution in [2.45, 2.75) is 13.0 Å². The van der Waals surface area contributed by atoms with Gasteiger partial charge in [-0.3, -0.25) is 15.1 Å². The molecule has 0 aliphatic rings. The Morgan fingerprint density at radius 2 is 1.42 bits per heavy atom. The van der Waals surface area contributed by atoms with Crippen molar-refractivity contribution < 1.29 is 9.90 Å². The van der Waals surface area contributed by atoms with E-state index in [0.29, 0.717) is 11.6 Å². The van der Waals surface area contributed by atoms with E-state index >= 15 is 0 Å². The Morgan fingerprint density at radius 1 is 0.958 bits per heavy atom. The fourth-order valence-electron chi connectivity index (χ4n) is 2.84.